The molecule has 1 aliphatic rings. The number of hydrogen-bond donors (Lipinski definition) is 1. The molecular weight excluding hydrogens is 483 g/mol. The fourth-order valence-electron chi connectivity index (χ4n) is 5.12. The molecule has 0 saturated carbocycles. The fraction of sp³-hybridized carbons (Fsp3) is 0.533. The van der Waals surface area contributed by atoms with Gasteiger partial charge in [0.05, 0.1) is 18.8 Å². The maximum Gasteiger partial charge on any atom is 0.240 e. The number of carbonyl (C=O) groups is 2. The molecule has 208 valence electrons. The lowest BCUT2D eigenvalue weighted by atomic mass is 10.0. The average Bonchev–Trinajstić information content (AvgIpc) is 2.93. The number of anilines is 2. The first-order chi connectivity index (χ1) is 18.3. The van der Waals surface area contributed by atoms with E-state index >= 15 is 4.39 Å². The van der Waals surface area contributed by atoms with Crippen LogP contribution in [0.2, 0.25) is 0 Å². The summed E-state index contributed by atoms with van der Waals surface area (Å²) in [4.78, 5) is 32.0. The number of nitrogens with zero attached hydrogens (tertiary/aromatic N) is 3. The third-order valence-corrected chi connectivity index (χ3v) is 7.62. The first kappa shape index (κ1) is 29.4. The zero-order valence-electron chi connectivity index (χ0n) is 23.5. The van der Waals surface area contributed by atoms with Crippen molar-refractivity contribution >= 4 is 23.2 Å². The first-order valence-corrected chi connectivity index (χ1v) is 13.9. The standard InChI is InChI=1S/C30H43FN4O3/c1-6-23(7-2)29(36)32-24-12-15-27(26(31)21-24)34-16-18-35(19-17-34)28(30(37)33(8-3)9-4)20-22-10-13-25(38-5)14-11-22/h10-15,21,23,28H,6-9,16-20H2,1-5H3,(H,32,36). The number of nitrogens with one attached hydrogen (secondary N) is 1. The van der Waals surface area contributed by atoms with E-state index in [1.807, 2.05) is 61.8 Å². The van der Waals surface area contributed by atoms with Crippen molar-refractivity contribution in [3.63, 3.8) is 0 Å². The van der Waals surface area contributed by atoms with Gasteiger partial charge in [0.25, 0.3) is 0 Å². The molecule has 1 atom stereocenters. The minimum atomic E-state index is -0.352. The molecule has 2 aromatic carbocycles. The van der Waals surface area contributed by atoms with Crippen molar-refractivity contribution in [1.29, 1.82) is 0 Å². The van der Waals surface area contributed by atoms with Gasteiger partial charge in [-0.3, -0.25) is 14.5 Å². The molecule has 2 aromatic rings. The molecule has 1 N–H and O–H groups in total. The third-order valence-electron chi connectivity index (χ3n) is 7.62. The quantitative estimate of drug-likeness (QED) is 0.430. The van der Waals surface area contributed by atoms with E-state index in [0.29, 0.717) is 57.1 Å². The summed E-state index contributed by atoms with van der Waals surface area (Å²) in [6.45, 7) is 11.8. The summed E-state index contributed by atoms with van der Waals surface area (Å²) in [5, 5.41) is 2.85. The molecule has 1 unspecified atom stereocenters. The molecule has 0 aliphatic carbocycles. The highest BCUT2D eigenvalue weighted by atomic mass is 19.1. The van der Waals surface area contributed by atoms with Crippen molar-refractivity contribution in [2.24, 2.45) is 5.92 Å². The number of hydrogen-bond acceptors (Lipinski definition) is 5. The Balaban J connectivity index is 1.70. The summed E-state index contributed by atoms with van der Waals surface area (Å²) >= 11 is 0. The second-order valence-electron chi connectivity index (χ2n) is 9.77. The van der Waals surface area contributed by atoms with Crippen LogP contribution in [-0.4, -0.2) is 74.0 Å². The highest BCUT2D eigenvalue weighted by Crippen LogP contribution is 2.26. The lowest BCUT2D eigenvalue weighted by Crippen LogP contribution is -2.56. The number of rotatable bonds is 12. The van der Waals surface area contributed by atoms with Crippen molar-refractivity contribution in [2.75, 3.05) is 56.6 Å². The van der Waals surface area contributed by atoms with Gasteiger partial charge in [-0.25, -0.2) is 4.39 Å². The summed E-state index contributed by atoms with van der Waals surface area (Å²) in [5.74, 6) is 0.419. The van der Waals surface area contributed by atoms with Crippen LogP contribution in [0.25, 0.3) is 0 Å². The molecule has 8 heteroatoms. The molecule has 38 heavy (non-hydrogen) atoms. The molecule has 0 aromatic heterocycles. The average molecular weight is 527 g/mol. The van der Waals surface area contributed by atoms with E-state index in [0.717, 1.165) is 24.2 Å². The van der Waals surface area contributed by atoms with Gasteiger partial charge in [-0.05, 0) is 69.0 Å². The second-order valence-corrected chi connectivity index (χ2v) is 9.77. The number of piperazine rings is 1. The van der Waals surface area contributed by atoms with E-state index in [1.54, 1.807) is 19.2 Å². The molecule has 3 rings (SSSR count). The van der Waals surface area contributed by atoms with Crippen LogP contribution < -0.4 is 15.0 Å². The van der Waals surface area contributed by atoms with Gasteiger partial charge < -0.3 is 19.9 Å². The Morgan fingerprint density at radius 1 is 0.974 bits per heavy atom. The molecule has 1 aliphatic heterocycles. The third kappa shape index (κ3) is 7.25. The molecule has 2 amide bonds. The number of likely N-dealkylation sites (N-methyl/N-ethyl adjacent to an activating group) is 1. The van der Waals surface area contributed by atoms with E-state index in [4.69, 9.17) is 4.74 Å². The number of benzene rings is 2. The summed E-state index contributed by atoms with van der Waals surface area (Å²) < 4.78 is 20.4. The van der Waals surface area contributed by atoms with Gasteiger partial charge in [-0.15, -0.1) is 0 Å². The minimum absolute atomic E-state index is 0.0727. The highest BCUT2D eigenvalue weighted by molar-refractivity contribution is 5.92. The monoisotopic (exact) mass is 526 g/mol. The van der Waals surface area contributed by atoms with Crippen molar-refractivity contribution in [3.05, 3.63) is 53.8 Å². The Morgan fingerprint density at radius 2 is 1.61 bits per heavy atom. The van der Waals surface area contributed by atoms with E-state index < -0.39 is 0 Å². The second kappa shape index (κ2) is 14.1. The van der Waals surface area contributed by atoms with Gasteiger partial charge in [0.2, 0.25) is 11.8 Å². The van der Waals surface area contributed by atoms with Crippen LogP contribution in [-0.2, 0) is 16.0 Å². The zero-order chi connectivity index (χ0) is 27.7. The first-order valence-electron chi connectivity index (χ1n) is 13.9. The Kier molecular flexibility index (Phi) is 11.0. The molecule has 1 heterocycles. The van der Waals surface area contributed by atoms with Gasteiger partial charge in [0.1, 0.15) is 11.6 Å². The number of carbonyl (C=O) groups excluding carboxylic acids is 2. The molecule has 0 bridgehead atoms. The molecular formula is C30H43FN4O3. The fourth-order valence-corrected chi connectivity index (χ4v) is 5.12. The topological polar surface area (TPSA) is 65.1 Å². The van der Waals surface area contributed by atoms with Crippen molar-refractivity contribution in [2.45, 2.75) is 53.0 Å². The maximum absolute atomic E-state index is 15.1. The molecule has 0 spiro atoms. The highest BCUT2D eigenvalue weighted by Gasteiger charge is 2.32. The molecule has 1 fully saturated rings. The van der Waals surface area contributed by atoms with E-state index in [9.17, 15) is 9.59 Å². The Morgan fingerprint density at radius 3 is 2.13 bits per heavy atom. The zero-order valence-corrected chi connectivity index (χ0v) is 23.5. The summed E-state index contributed by atoms with van der Waals surface area (Å²) in [7, 11) is 1.64. The Bertz CT molecular complexity index is 1050. The smallest absolute Gasteiger partial charge is 0.240 e. The number of methoxy groups -OCH3 is 1. The summed E-state index contributed by atoms with van der Waals surface area (Å²) in [5.41, 5.74) is 2.08. The van der Waals surface area contributed by atoms with Crippen LogP contribution in [0.3, 0.4) is 0 Å². The van der Waals surface area contributed by atoms with Crippen LogP contribution in [0.1, 0.15) is 46.1 Å². The van der Waals surface area contributed by atoms with Gasteiger partial charge >= 0.3 is 0 Å². The predicted molar refractivity (Wildman–Crippen MR) is 151 cm³/mol. The van der Waals surface area contributed by atoms with Gasteiger partial charge in [0.15, 0.2) is 0 Å². The molecule has 7 nitrogen and oxygen atoms in total. The Hall–Kier alpha value is -3.13. The summed E-state index contributed by atoms with van der Waals surface area (Å²) in [6, 6.07) is 12.5. The van der Waals surface area contributed by atoms with Crippen LogP contribution >= 0.6 is 0 Å². The van der Waals surface area contributed by atoms with Crippen LogP contribution in [0.15, 0.2) is 42.5 Å². The lowest BCUT2D eigenvalue weighted by molar-refractivity contribution is -0.136. The van der Waals surface area contributed by atoms with Crippen molar-refractivity contribution in [1.82, 2.24) is 9.80 Å². The lowest BCUT2D eigenvalue weighted by Gasteiger charge is -2.41. The van der Waals surface area contributed by atoms with Gasteiger partial charge in [0, 0.05) is 50.9 Å². The summed E-state index contributed by atoms with van der Waals surface area (Å²) in [6.07, 6.45) is 2.12. The van der Waals surface area contributed by atoms with Gasteiger partial charge in [-0.1, -0.05) is 26.0 Å². The maximum atomic E-state index is 15.1. The number of ether oxygens (including phenoxy) is 1. The SMILES string of the molecule is CCC(CC)C(=O)Nc1ccc(N2CCN(C(Cc3ccc(OC)cc3)C(=O)N(CC)CC)CC2)c(F)c1. The van der Waals surface area contributed by atoms with E-state index in [2.05, 4.69) is 10.2 Å². The van der Waals surface area contributed by atoms with Crippen LogP contribution in [0.4, 0.5) is 15.8 Å². The largest absolute Gasteiger partial charge is 0.497 e. The van der Waals surface area contributed by atoms with Crippen molar-refractivity contribution in [3.8, 4) is 5.75 Å². The minimum Gasteiger partial charge on any atom is -0.497 e. The molecule has 1 saturated heterocycles. The van der Waals surface area contributed by atoms with E-state index in [1.165, 1.54) is 6.07 Å². The predicted octanol–water partition coefficient (Wildman–Crippen LogP) is 4.81. The number of halogens is 1. The van der Waals surface area contributed by atoms with E-state index in [-0.39, 0.29) is 29.6 Å². The van der Waals surface area contributed by atoms with Gasteiger partial charge in [-0.2, -0.15) is 0 Å². The van der Waals surface area contributed by atoms with Crippen LogP contribution in [0, 0.1) is 11.7 Å². The van der Waals surface area contributed by atoms with Crippen molar-refractivity contribution < 1.29 is 18.7 Å². The molecule has 0 radical (unpaired) electrons. The van der Waals surface area contributed by atoms with Crippen LogP contribution in [0.5, 0.6) is 5.75 Å². The normalized spacial score (nSPS) is 14.9. The Labute approximate surface area is 226 Å². The number of amides is 2.